The maximum atomic E-state index is 12.8. The Kier molecular flexibility index (Phi) is 12.9. The standard InChI is InChI=1S/C27H40N4O7.ClH/c1-17(2)13-22(28)24(34)29-23(25(35)38-27(4,5)6)14-19-7-9-21(10-8-19)37-26(36)31-12-11-30(18(3)33)15-20(31)16-32;/h7-10,16-17,20,22-23H,11-15,28H2,1-6H3,(H,29,34);1H/t20?,22-,23-;/m0./s1. The van der Waals surface area contributed by atoms with Crippen LogP contribution in [0.15, 0.2) is 24.3 Å². The molecule has 3 N–H and O–H groups in total. The Labute approximate surface area is 236 Å². The van der Waals surface area contributed by atoms with Crippen molar-refractivity contribution in [3.8, 4) is 5.75 Å². The van der Waals surface area contributed by atoms with Gasteiger partial charge in [0, 0.05) is 33.0 Å². The second-order valence-corrected chi connectivity index (χ2v) is 10.9. The highest BCUT2D eigenvalue weighted by molar-refractivity contribution is 5.87. The average molecular weight is 569 g/mol. The van der Waals surface area contributed by atoms with Gasteiger partial charge in [0.15, 0.2) is 0 Å². The van der Waals surface area contributed by atoms with E-state index >= 15 is 0 Å². The van der Waals surface area contributed by atoms with Gasteiger partial charge in [0.1, 0.15) is 29.7 Å². The monoisotopic (exact) mass is 568 g/mol. The van der Waals surface area contributed by atoms with Crippen LogP contribution in [0, 0.1) is 5.92 Å². The fourth-order valence-corrected chi connectivity index (χ4v) is 3.99. The first kappa shape index (κ1) is 33.8. The number of amides is 3. The quantitative estimate of drug-likeness (QED) is 0.340. The minimum atomic E-state index is -0.959. The molecule has 11 nitrogen and oxygen atoms in total. The summed E-state index contributed by atoms with van der Waals surface area (Å²) in [7, 11) is 0. The number of ether oxygens (including phenoxy) is 2. The predicted octanol–water partition coefficient (Wildman–Crippen LogP) is 2.08. The molecular weight excluding hydrogens is 528 g/mol. The van der Waals surface area contributed by atoms with Gasteiger partial charge in [-0.25, -0.2) is 9.59 Å². The zero-order valence-corrected chi connectivity index (χ0v) is 24.3. The Morgan fingerprint density at radius 1 is 1.13 bits per heavy atom. The minimum Gasteiger partial charge on any atom is -0.458 e. The maximum Gasteiger partial charge on any atom is 0.415 e. The van der Waals surface area contributed by atoms with Gasteiger partial charge in [0.05, 0.1) is 6.04 Å². The number of nitrogens with zero attached hydrogens (tertiary/aromatic N) is 2. The smallest absolute Gasteiger partial charge is 0.415 e. The Morgan fingerprint density at radius 2 is 1.74 bits per heavy atom. The first-order valence-corrected chi connectivity index (χ1v) is 12.8. The summed E-state index contributed by atoms with van der Waals surface area (Å²) in [4.78, 5) is 64.0. The van der Waals surface area contributed by atoms with Gasteiger partial charge in [-0.1, -0.05) is 26.0 Å². The van der Waals surface area contributed by atoms with Gasteiger partial charge in [0.25, 0.3) is 0 Å². The summed E-state index contributed by atoms with van der Waals surface area (Å²) >= 11 is 0. The molecule has 218 valence electrons. The molecule has 3 atom stereocenters. The number of halogens is 1. The van der Waals surface area contributed by atoms with E-state index in [-0.39, 0.29) is 49.5 Å². The van der Waals surface area contributed by atoms with Crippen LogP contribution in [0.3, 0.4) is 0 Å². The summed E-state index contributed by atoms with van der Waals surface area (Å²) < 4.78 is 10.9. The molecule has 0 spiro atoms. The number of nitrogens with one attached hydrogen (secondary N) is 1. The number of nitrogens with two attached hydrogens (primary N) is 1. The Hall–Kier alpha value is -3.18. The number of hydrogen-bond acceptors (Lipinski definition) is 8. The summed E-state index contributed by atoms with van der Waals surface area (Å²) in [6, 6.07) is 3.96. The van der Waals surface area contributed by atoms with Crippen LogP contribution < -0.4 is 15.8 Å². The number of benzene rings is 1. The molecule has 1 aliphatic heterocycles. The van der Waals surface area contributed by atoms with E-state index in [0.29, 0.717) is 24.8 Å². The summed E-state index contributed by atoms with van der Waals surface area (Å²) in [5.41, 5.74) is 5.95. The zero-order valence-electron chi connectivity index (χ0n) is 23.5. The molecule has 1 aromatic carbocycles. The lowest BCUT2D eigenvalue weighted by Gasteiger charge is -2.37. The fraction of sp³-hybridized carbons (Fsp3) is 0.593. The SMILES string of the molecule is CC(=O)N1CCN(C(=O)Oc2ccc(C[C@H](NC(=O)[C@@H](N)CC(C)C)C(=O)OC(C)(C)C)cc2)C(C=O)C1.Cl. The van der Waals surface area contributed by atoms with E-state index in [2.05, 4.69) is 5.32 Å². The van der Waals surface area contributed by atoms with Crippen LogP contribution in [0.1, 0.15) is 53.5 Å². The van der Waals surface area contributed by atoms with Crippen molar-refractivity contribution in [1.29, 1.82) is 0 Å². The van der Waals surface area contributed by atoms with Crippen molar-refractivity contribution >= 4 is 42.6 Å². The molecule has 12 heteroatoms. The predicted molar refractivity (Wildman–Crippen MR) is 147 cm³/mol. The lowest BCUT2D eigenvalue weighted by Crippen LogP contribution is -2.57. The molecule has 1 saturated heterocycles. The largest absolute Gasteiger partial charge is 0.458 e. The zero-order chi connectivity index (χ0) is 28.6. The third-order valence-electron chi connectivity index (χ3n) is 5.89. The van der Waals surface area contributed by atoms with Crippen molar-refractivity contribution in [1.82, 2.24) is 15.1 Å². The lowest BCUT2D eigenvalue weighted by molar-refractivity contribution is -0.158. The summed E-state index contributed by atoms with van der Waals surface area (Å²) in [6.45, 7) is 11.2. The third-order valence-corrected chi connectivity index (χ3v) is 5.89. The van der Waals surface area contributed by atoms with Crippen LogP contribution in [-0.2, 0) is 30.3 Å². The fourth-order valence-electron chi connectivity index (χ4n) is 3.99. The van der Waals surface area contributed by atoms with E-state index in [0.717, 1.165) is 0 Å². The molecule has 3 amide bonds. The Bertz CT molecular complexity index is 1010. The number of carbonyl (C=O) groups excluding carboxylic acids is 5. The van der Waals surface area contributed by atoms with Gasteiger partial charge in [-0.15, -0.1) is 12.4 Å². The Morgan fingerprint density at radius 3 is 2.26 bits per heavy atom. The van der Waals surface area contributed by atoms with Crippen molar-refractivity contribution in [2.24, 2.45) is 11.7 Å². The van der Waals surface area contributed by atoms with Crippen molar-refractivity contribution in [3.63, 3.8) is 0 Å². The van der Waals surface area contributed by atoms with Crippen LogP contribution in [0.2, 0.25) is 0 Å². The highest BCUT2D eigenvalue weighted by atomic mass is 35.5. The molecule has 1 aliphatic rings. The van der Waals surface area contributed by atoms with Gasteiger partial charge in [-0.05, 0) is 50.8 Å². The highest BCUT2D eigenvalue weighted by Gasteiger charge is 2.33. The molecule has 1 aromatic rings. The highest BCUT2D eigenvalue weighted by Crippen LogP contribution is 2.18. The van der Waals surface area contributed by atoms with Crippen LogP contribution in [0.4, 0.5) is 4.79 Å². The van der Waals surface area contributed by atoms with Crippen LogP contribution in [-0.4, -0.2) is 83.3 Å². The van der Waals surface area contributed by atoms with E-state index in [1.165, 1.54) is 16.7 Å². The van der Waals surface area contributed by atoms with E-state index < -0.39 is 41.7 Å². The Balaban J connectivity index is 0.00000760. The molecule has 39 heavy (non-hydrogen) atoms. The minimum absolute atomic E-state index is 0. The molecule has 1 unspecified atom stereocenters. The normalized spacial score (nSPS) is 17.0. The third kappa shape index (κ3) is 10.8. The molecule has 2 rings (SSSR count). The van der Waals surface area contributed by atoms with Crippen molar-refractivity contribution in [2.75, 3.05) is 19.6 Å². The second kappa shape index (κ2) is 14.8. The van der Waals surface area contributed by atoms with Gasteiger partial charge in [0.2, 0.25) is 11.8 Å². The first-order valence-electron chi connectivity index (χ1n) is 12.8. The molecular formula is C27H41ClN4O7. The molecule has 1 fully saturated rings. The van der Waals surface area contributed by atoms with Gasteiger partial charge < -0.3 is 30.2 Å². The summed E-state index contributed by atoms with van der Waals surface area (Å²) in [5.74, 6) is -0.722. The van der Waals surface area contributed by atoms with Crippen LogP contribution in [0.25, 0.3) is 0 Å². The van der Waals surface area contributed by atoms with Crippen LogP contribution in [0.5, 0.6) is 5.75 Å². The number of esters is 1. The van der Waals surface area contributed by atoms with Crippen molar-refractivity contribution in [2.45, 2.75) is 78.1 Å². The first-order chi connectivity index (χ1) is 17.7. The molecule has 0 saturated carbocycles. The molecule has 0 aromatic heterocycles. The number of piperazine rings is 1. The molecule has 0 aliphatic carbocycles. The maximum absolute atomic E-state index is 12.8. The average Bonchev–Trinajstić information content (AvgIpc) is 2.82. The van der Waals surface area contributed by atoms with E-state index in [9.17, 15) is 24.0 Å². The van der Waals surface area contributed by atoms with Gasteiger partial charge in [-0.3, -0.25) is 14.5 Å². The topological polar surface area (TPSA) is 148 Å². The lowest BCUT2D eigenvalue weighted by atomic mass is 10.0. The second-order valence-electron chi connectivity index (χ2n) is 10.9. The summed E-state index contributed by atoms with van der Waals surface area (Å²) in [5, 5.41) is 2.71. The molecule has 1 heterocycles. The van der Waals surface area contributed by atoms with Crippen LogP contribution >= 0.6 is 12.4 Å². The van der Waals surface area contributed by atoms with E-state index in [4.69, 9.17) is 15.2 Å². The van der Waals surface area contributed by atoms with Crippen molar-refractivity contribution < 1.29 is 33.4 Å². The van der Waals surface area contributed by atoms with E-state index in [1.54, 1.807) is 45.0 Å². The number of rotatable bonds is 9. The van der Waals surface area contributed by atoms with Gasteiger partial charge in [-0.2, -0.15) is 0 Å². The van der Waals surface area contributed by atoms with E-state index in [1.807, 2.05) is 13.8 Å². The van der Waals surface area contributed by atoms with Gasteiger partial charge >= 0.3 is 12.1 Å². The number of carbonyl (C=O) groups is 5. The number of aldehydes is 1. The number of hydrogen-bond donors (Lipinski definition) is 2. The molecule has 0 radical (unpaired) electrons. The summed E-state index contributed by atoms with van der Waals surface area (Å²) in [6.07, 6.45) is 0.541. The van der Waals surface area contributed by atoms with Crippen molar-refractivity contribution in [3.05, 3.63) is 29.8 Å². The molecule has 0 bridgehead atoms.